The van der Waals surface area contributed by atoms with Crippen LogP contribution in [0.1, 0.15) is 5.01 Å². The standard InChI is InChI=1S/C20H16IN3O2S/c1-25-18-8-3-13(9-19(18)26-2)17-12-27-20(24-17)14(10-22)11-23-16-6-4-15(21)5-7-16/h3-9,11-12,23H,1-2H3. The molecule has 3 rings (SSSR count). The number of methoxy groups -OCH3 is 2. The summed E-state index contributed by atoms with van der Waals surface area (Å²) in [7, 11) is 3.20. The third-order valence-electron chi connectivity index (χ3n) is 3.76. The predicted octanol–water partition coefficient (Wildman–Crippen LogP) is 5.41. The van der Waals surface area contributed by atoms with Crippen LogP contribution in [0.15, 0.2) is 54.0 Å². The van der Waals surface area contributed by atoms with Crippen molar-refractivity contribution in [3.8, 4) is 28.8 Å². The molecule has 0 aliphatic rings. The number of anilines is 1. The lowest BCUT2D eigenvalue weighted by atomic mass is 10.1. The Morgan fingerprint density at radius 3 is 2.56 bits per heavy atom. The van der Waals surface area contributed by atoms with E-state index in [-0.39, 0.29) is 0 Å². The highest BCUT2D eigenvalue weighted by atomic mass is 127. The number of hydrogen-bond donors (Lipinski definition) is 1. The number of allylic oxidation sites excluding steroid dienone is 1. The largest absolute Gasteiger partial charge is 0.493 e. The second-order valence-electron chi connectivity index (χ2n) is 5.43. The summed E-state index contributed by atoms with van der Waals surface area (Å²) in [6, 6.07) is 15.8. The average molecular weight is 489 g/mol. The lowest BCUT2D eigenvalue weighted by Gasteiger charge is -2.08. The zero-order chi connectivity index (χ0) is 19.2. The number of rotatable bonds is 6. The monoisotopic (exact) mass is 489 g/mol. The van der Waals surface area contributed by atoms with Gasteiger partial charge in [0.05, 0.1) is 19.9 Å². The van der Waals surface area contributed by atoms with Crippen LogP contribution in [0.2, 0.25) is 0 Å². The molecule has 0 spiro atoms. The molecule has 7 heteroatoms. The fraction of sp³-hybridized carbons (Fsp3) is 0.100. The number of thiazole rings is 1. The first-order valence-corrected chi connectivity index (χ1v) is 9.91. The lowest BCUT2D eigenvalue weighted by molar-refractivity contribution is 0.355. The molecule has 0 aliphatic carbocycles. The summed E-state index contributed by atoms with van der Waals surface area (Å²) in [4.78, 5) is 4.60. The number of aromatic nitrogens is 1. The molecular weight excluding hydrogens is 473 g/mol. The molecular formula is C20H16IN3O2S. The molecule has 0 saturated carbocycles. The van der Waals surface area contributed by atoms with E-state index in [1.54, 1.807) is 20.4 Å². The summed E-state index contributed by atoms with van der Waals surface area (Å²) < 4.78 is 11.8. The molecule has 27 heavy (non-hydrogen) atoms. The molecule has 0 radical (unpaired) electrons. The van der Waals surface area contributed by atoms with Gasteiger partial charge in [-0.2, -0.15) is 5.26 Å². The number of benzene rings is 2. The number of halogens is 1. The third kappa shape index (κ3) is 4.59. The highest BCUT2D eigenvalue weighted by Gasteiger charge is 2.11. The Morgan fingerprint density at radius 1 is 1.15 bits per heavy atom. The van der Waals surface area contributed by atoms with Crippen molar-refractivity contribution in [3.63, 3.8) is 0 Å². The molecule has 0 unspecified atom stereocenters. The topological polar surface area (TPSA) is 67.2 Å². The molecule has 1 heterocycles. The number of nitriles is 1. The molecule has 3 aromatic rings. The van der Waals surface area contributed by atoms with Crippen LogP contribution in [0.4, 0.5) is 5.69 Å². The molecule has 2 aromatic carbocycles. The van der Waals surface area contributed by atoms with Gasteiger partial charge in [-0.1, -0.05) is 0 Å². The molecule has 0 amide bonds. The maximum absolute atomic E-state index is 9.50. The van der Waals surface area contributed by atoms with Gasteiger partial charge in [-0.15, -0.1) is 11.3 Å². The summed E-state index contributed by atoms with van der Waals surface area (Å²) in [6.07, 6.45) is 1.68. The van der Waals surface area contributed by atoms with Crippen molar-refractivity contribution < 1.29 is 9.47 Å². The van der Waals surface area contributed by atoms with Crippen molar-refractivity contribution in [2.45, 2.75) is 0 Å². The Kier molecular flexibility index (Phi) is 6.32. The summed E-state index contributed by atoms with van der Waals surface area (Å²) >= 11 is 3.67. The van der Waals surface area contributed by atoms with E-state index in [0.717, 1.165) is 20.5 Å². The summed E-state index contributed by atoms with van der Waals surface area (Å²) in [5.74, 6) is 1.30. The van der Waals surface area contributed by atoms with Crippen LogP contribution >= 0.6 is 33.9 Å². The highest BCUT2D eigenvalue weighted by Crippen LogP contribution is 2.33. The molecule has 1 N–H and O–H groups in total. The molecule has 0 atom stereocenters. The van der Waals surface area contributed by atoms with E-state index in [9.17, 15) is 5.26 Å². The van der Waals surface area contributed by atoms with Crippen molar-refractivity contribution in [2.75, 3.05) is 19.5 Å². The molecule has 5 nitrogen and oxygen atoms in total. The lowest BCUT2D eigenvalue weighted by Crippen LogP contribution is -1.92. The van der Waals surface area contributed by atoms with Gasteiger partial charge >= 0.3 is 0 Å². The summed E-state index contributed by atoms with van der Waals surface area (Å²) in [6.45, 7) is 0. The number of nitrogens with zero attached hydrogens (tertiary/aromatic N) is 2. The zero-order valence-corrected chi connectivity index (χ0v) is 17.7. The van der Waals surface area contributed by atoms with E-state index in [1.807, 2.05) is 47.8 Å². The zero-order valence-electron chi connectivity index (χ0n) is 14.7. The van der Waals surface area contributed by atoms with Crippen molar-refractivity contribution in [1.82, 2.24) is 4.98 Å². The van der Waals surface area contributed by atoms with E-state index >= 15 is 0 Å². The van der Waals surface area contributed by atoms with E-state index < -0.39 is 0 Å². The van der Waals surface area contributed by atoms with Gasteiger partial charge in [-0.05, 0) is 65.1 Å². The smallest absolute Gasteiger partial charge is 0.161 e. The maximum atomic E-state index is 9.50. The highest BCUT2D eigenvalue weighted by molar-refractivity contribution is 14.1. The van der Waals surface area contributed by atoms with E-state index in [4.69, 9.17) is 9.47 Å². The Balaban J connectivity index is 1.84. The van der Waals surface area contributed by atoms with Crippen LogP contribution in [0.5, 0.6) is 11.5 Å². The van der Waals surface area contributed by atoms with Gasteiger partial charge < -0.3 is 14.8 Å². The van der Waals surface area contributed by atoms with Gasteiger partial charge in [-0.25, -0.2) is 4.98 Å². The second kappa shape index (κ2) is 8.88. The molecule has 0 fully saturated rings. The number of hydrogen-bond acceptors (Lipinski definition) is 6. The average Bonchev–Trinajstić information content (AvgIpc) is 3.19. The van der Waals surface area contributed by atoms with E-state index in [1.165, 1.54) is 11.3 Å². The van der Waals surface area contributed by atoms with Crippen molar-refractivity contribution >= 4 is 45.2 Å². The Bertz CT molecular complexity index is 1010. The van der Waals surface area contributed by atoms with Gasteiger partial charge in [0, 0.05) is 26.4 Å². The van der Waals surface area contributed by atoms with Crippen LogP contribution in [-0.4, -0.2) is 19.2 Å². The minimum absolute atomic E-state index is 0.477. The van der Waals surface area contributed by atoms with Gasteiger partial charge in [0.2, 0.25) is 0 Å². The molecule has 0 saturated heterocycles. The van der Waals surface area contributed by atoms with Gasteiger partial charge in [0.1, 0.15) is 16.6 Å². The van der Waals surface area contributed by atoms with Crippen molar-refractivity contribution in [3.05, 3.63) is 62.6 Å². The third-order valence-corrected chi connectivity index (χ3v) is 5.36. The molecule has 0 bridgehead atoms. The molecule has 0 aliphatic heterocycles. The quantitative estimate of drug-likeness (QED) is 0.371. The van der Waals surface area contributed by atoms with Gasteiger partial charge in [-0.3, -0.25) is 0 Å². The fourth-order valence-electron chi connectivity index (χ4n) is 2.37. The van der Waals surface area contributed by atoms with Gasteiger partial charge in [0.25, 0.3) is 0 Å². The minimum Gasteiger partial charge on any atom is -0.493 e. The number of nitrogens with one attached hydrogen (secondary N) is 1. The predicted molar refractivity (Wildman–Crippen MR) is 117 cm³/mol. The molecule has 1 aromatic heterocycles. The maximum Gasteiger partial charge on any atom is 0.161 e. The van der Waals surface area contributed by atoms with E-state index in [0.29, 0.717) is 22.1 Å². The summed E-state index contributed by atoms with van der Waals surface area (Å²) in [5, 5.41) is 15.2. The van der Waals surface area contributed by atoms with Crippen molar-refractivity contribution in [1.29, 1.82) is 5.26 Å². The fourth-order valence-corrected chi connectivity index (χ4v) is 3.52. The number of ether oxygens (including phenoxy) is 2. The molecule has 136 valence electrons. The van der Waals surface area contributed by atoms with Crippen LogP contribution in [0.25, 0.3) is 16.8 Å². The Hall–Kier alpha value is -2.57. The minimum atomic E-state index is 0.477. The first kappa shape index (κ1) is 19.2. The Morgan fingerprint density at radius 2 is 1.89 bits per heavy atom. The van der Waals surface area contributed by atoms with Crippen LogP contribution in [-0.2, 0) is 0 Å². The summed E-state index contributed by atoms with van der Waals surface area (Å²) in [5.41, 5.74) is 3.08. The first-order valence-electron chi connectivity index (χ1n) is 7.95. The van der Waals surface area contributed by atoms with Crippen LogP contribution in [0.3, 0.4) is 0 Å². The SMILES string of the molecule is COc1ccc(-c2csc(C(C#N)=CNc3ccc(I)cc3)n2)cc1OC. The Labute approximate surface area is 175 Å². The van der Waals surface area contributed by atoms with Gasteiger partial charge in [0.15, 0.2) is 11.5 Å². The normalized spacial score (nSPS) is 11.0. The van der Waals surface area contributed by atoms with E-state index in [2.05, 4.69) is 39.0 Å². The van der Waals surface area contributed by atoms with Crippen LogP contribution in [0, 0.1) is 14.9 Å². The first-order chi connectivity index (χ1) is 13.1. The van der Waals surface area contributed by atoms with Crippen LogP contribution < -0.4 is 14.8 Å². The van der Waals surface area contributed by atoms with Crippen molar-refractivity contribution in [2.24, 2.45) is 0 Å². The second-order valence-corrected chi connectivity index (χ2v) is 7.53.